The number of morpholine rings is 1. The van der Waals surface area contributed by atoms with E-state index in [-0.39, 0.29) is 6.04 Å². The van der Waals surface area contributed by atoms with Crippen LogP contribution in [0.5, 0.6) is 0 Å². The van der Waals surface area contributed by atoms with Crippen molar-refractivity contribution in [2.45, 2.75) is 38.0 Å². The van der Waals surface area contributed by atoms with Gasteiger partial charge in [0, 0.05) is 25.7 Å². The molecule has 0 aliphatic carbocycles. The van der Waals surface area contributed by atoms with Gasteiger partial charge < -0.3 is 10.5 Å². The third-order valence-corrected chi connectivity index (χ3v) is 4.46. The first-order valence-corrected chi connectivity index (χ1v) is 7.40. The number of hydrogen-bond donors (Lipinski definition) is 1. The summed E-state index contributed by atoms with van der Waals surface area (Å²) in [4.78, 5) is 2.54. The van der Waals surface area contributed by atoms with Crippen LogP contribution in [0.4, 0.5) is 0 Å². The van der Waals surface area contributed by atoms with Crippen molar-refractivity contribution < 1.29 is 4.74 Å². The van der Waals surface area contributed by atoms with E-state index in [1.54, 1.807) is 0 Å². The van der Waals surface area contributed by atoms with Gasteiger partial charge >= 0.3 is 0 Å². The second kappa shape index (κ2) is 5.61. The standard InChI is InChI=1S/C16H24N2O/c1-12(16(17)13-5-3-2-4-6-13)9-18-10-14-7-8-15(11-18)19-14/h2-6,12,14-16H,7-11,17H2,1H3. The number of ether oxygens (including phenoxy) is 1. The summed E-state index contributed by atoms with van der Waals surface area (Å²) in [5, 5.41) is 0. The van der Waals surface area contributed by atoms with Crippen LogP contribution in [0.15, 0.2) is 30.3 Å². The van der Waals surface area contributed by atoms with E-state index in [1.165, 1.54) is 18.4 Å². The quantitative estimate of drug-likeness (QED) is 0.902. The first-order chi connectivity index (χ1) is 9.22. The normalized spacial score (nSPS) is 30.2. The van der Waals surface area contributed by atoms with E-state index in [4.69, 9.17) is 10.5 Å². The molecular formula is C16H24N2O. The first kappa shape index (κ1) is 13.1. The van der Waals surface area contributed by atoms with E-state index in [2.05, 4.69) is 36.1 Å². The lowest BCUT2D eigenvalue weighted by Crippen LogP contribution is -2.45. The lowest BCUT2D eigenvalue weighted by molar-refractivity contribution is -0.0427. The highest BCUT2D eigenvalue weighted by Crippen LogP contribution is 2.28. The predicted molar refractivity (Wildman–Crippen MR) is 76.9 cm³/mol. The van der Waals surface area contributed by atoms with Crippen LogP contribution in [0, 0.1) is 5.92 Å². The molecule has 4 atom stereocenters. The highest BCUT2D eigenvalue weighted by Gasteiger charge is 2.34. The SMILES string of the molecule is CC(CN1CC2CCC(C1)O2)C(N)c1ccccc1. The van der Waals surface area contributed by atoms with E-state index in [9.17, 15) is 0 Å². The maximum absolute atomic E-state index is 6.38. The zero-order chi connectivity index (χ0) is 13.2. The summed E-state index contributed by atoms with van der Waals surface area (Å²) < 4.78 is 5.88. The molecule has 0 radical (unpaired) electrons. The van der Waals surface area contributed by atoms with E-state index in [1.807, 2.05) is 6.07 Å². The molecule has 4 unspecified atom stereocenters. The Morgan fingerprint density at radius 3 is 2.47 bits per heavy atom. The molecule has 2 bridgehead atoms. The summed E-state index contributed by atoms with van der Waals surface area (Å²) >= 11 is 0. The molecular weight excluding hydrogens is 236 g/mol. The minimum absolute atomic E-state index is 0.127. The van der Waals surface area contributed by atoms with Crippen molar-refractivity contribution in [2.75, 3.05) is 19.6 Å². The van der Waals surface area contributed by atoms with Gasteiger partial charge in [-0.25, -0.2) is 0 Å². The molecule has 1 aromatic carbocycles. The predicted octanol–water partition coefficient (Wildman–Crippen LogP) is 2.19. The molecule has 0 aromatic heterocycles. The lowest BCUT2D eigenvalue weighted by atomic mass is 9.94. The molecule has 2 aliphatic rings. The Morgan fingerprint density at radius 1 is 1.21 bits per heavy atom. The third kappa shape index (κ3) is 2.99. The monoisotopic (exact) mass is 260 g/mol. The zero-order valence-electron chi connectivity index (χ0n) is 11.7. The molecule has 0 saturated carbocycles. The van der Waals surface area contributed by atoms with Gasteiger partial charge in [0.1, 0.15) is 0 Å². The fourth-order valence-corrected chi connectivity index (χ4v) is 3.37. The Balaban J connectivity index is 1.57. The van der Waals surface area contributed by atoms with Crippen LogP contribution in [0.1, 0.15) is 31.4 Å². The molecule has 0 amide bonds. The van der Waals surface area contributed by atoms with Crippen molar-refractivity contribution in [1.29, 1.82) is 0 Å². The van der Waals surface area contributed by atoms with Gasteiger partial charge in [-0.3, -0.25) is 4.90 Å². The van der Waals surface area contributed by atoms with Gasteiger partial charge in [-0.1, -0.05) is 37.3 Å². The summed E-state index contributed by atoms with van der Waals surface area (Å²) in [5.41, 5.74) is 7.62. The second-order valence-corrected chi connectivity index (χ2v) is 6.09. The molecule has 0 spiro atoms. The summed E-state index contributed by atoms with van der Waals surface area (Å²) in [6.45, 7) is 5.51. The first-order valence-electron chi connectivity index (χ1n) is 7.40. The number of hydrogen-bond acceptors (Lipinski definition) is 3. The molecule has 2 saturated heterocycles. The zero-order valence-corrected chi connectivity index (χ0v) is 11.7. The maximum atomic E-state index is 6.38. The van der Waals surface area contributed by atoms with Crippen LogP contribution in [-0.2, 0) is 4.74 Å². The third-order valence-electron chi connectivity index (χ3n) is 4.46. The smallest absolute Gasteiger partial charge is 0.0707 e. The highest BCUT2D eigenvalue weighted by atomic mass is 16.5. The Kier molecular flexibility index (Phi) is 3.87. The van der Waals surface area contributed by atoms with Gasteiger partial charge in [0.2, 0.25) is 0 Å². The van der Waals surface area contributed by atoms with Crippen LogP contribution in [-0.4, -0.2) is 36.7 Å². The van der Waals surface area contributed by atoms with Crippen molar-refractivity contribution >= 4 is 0 Å². The number of likely N-dealkylation sites (tertiary alicyclic amines) is 1. The average molecular weight is 260 g/mol. The van der Waals surface area contributed by atoms with Crippen LogP contribution in [0.25, 0.3) is 0 Å². The van der Waals surface area contributed by atoms with Gasteiger partial charge in [-0.2, -0.15) is 0 Å². The number of fused-ring (bicyclic) bond motifs is 2. The van der Waals surface area contributed by atoms with Gasteiger partial charge in [0.15, 0.2) is 0 Å². The minimum Gasteiger partial charge on any atom is -0.372 e. The fraction of sp³-hybridized carbons (Fsp3) is 0.625. The molecule has 2 fully saturated rings. The van der Waals surface area contributed by atoms with Crippen LogP contribution < -0.4 is 5.73 Å². The lowest BCUT2D eigenvalue weighted by Gasteiger charge is -2.35. The van der Waals surface area contributed by atoms with Crippen molar-refractivity contribution in [3.05, 3.63) is 35.9 Å². The van der Waals surface area contributed by atoms with Gasteiger partial charge in [0.25, 0.3) is 0 Å². The second-order valence-electron chi connectivity index (χ2n) is 6.09. The largest absolute Gasteiger partial charge is 0.372 e. The topological polar surface area (TPSA) is 38.5 Å². The number of rotatable bonds is 4. The van der Waals surface area contributed by atoms with Crippen molar-refractivity contribution in [3.8, 4) is 0 Å². The van der Waals surface area contributed by atoms with E-state index >= 15 is 0 Å². The Bertz CT molecular complexity index is 396. The van der Waals surface area contributed by atoms with E-state index in [0.29, 0.717) is 18.1 Å². The number of nitrogens with two attached hydrogens (primary N) is 1. The number of benzene rings is 1. The molecule has 2 heterocycles. The Morgan fingerprint density at radius 2 is 1.84 bits per heavy atom. The van der Waals surface area contributed by atoms with E-state index in [0.717, 1.165) is 19.6 Å². The molecule has 3 nitrogen and oxygen atoms in total. The van der Waals surface area contributed by atoms with Gasteiger partial charge in [-0.15, -0.1) is 0 Å². The molecule has 19 heavy (non-hydrogen) atoms. The summed E-state index contributed by atoms with van der Waals surface area (Å²) in [5.74, 6) is 0.472. The maximum Gasteiger partial charge on any atom is 0.0707 e. The average Bonchev–Trinajstić information content (AvgIpc) is 2.78. The molecule has 3 rings (SSSR count). The van der Waals surface area contributed by atoms with Gasteiger partial charge in [0.05, 0.1) is 12.2 Å². The molecule has 1 aromatic rings. The Hall–Kier alpha value is -0.900. The number of nitrogens with zero attached hydrogens (tertiary/aromatic N) is 1. The highest BCUT2D eigenvalue weighted by molar-refractivity contribution is 5.19. The van der Waals surface area contributed by atoms with Crippen molar-refractivity contribution in [3.63, 3.8) is 0 Å². The molecule has 2 N–H and O–H groups in total. The fourth-order valence-electron chi connectivity index (χ4n) is 3.37. The van der Waals surface area contributed by atoms with E-state index < -0.39 is 0 Å². The van der Waals surface area contributed by atoms with Gasteiger partial charge in [-0.05, 0) is 24.3 Å². The van der Waals surface area contributed by atoms with Crippen molar-refractivity contribution in [2.24, 2.45) is 11.7 Å². The van der Waals surface area contributed by atoms with Crippen LogP contribution in [0.2, 0.25) is 0 Å². The molecule has 2 aliphatic heterocycles. The molecule has 104 valence electrons. The summed E-state index contributed by atoms with van der Waals surface area (Å²) in [6, 6.07) is 10.6. The van der Waals surface area contributed by atoms with Crippen molar-refractivity contribution in [1.82, 2.24) is 4.90 Å². The van der Waals surface area contributed by atoms with Crippen LogP contribution in [0.3, 0.4) is 0 Å². The summed E-state index contributed by atoms with van der Waals surface area (Å²) in [7, 11) is 0. The summed E-state index contributed by atoms with van der Waals surface area (Å²) in [6.07, 6.45) is 3.42. The van der Waals surface area contributed by atoms with Crippen LogP contribution >= 0.6 is 0 Å². The molecule has 3 heteroatoms. The Labute approximate surface area is 115 Å². The minimum atomic E-state index is 0.127.